The van der Waals surface area contributed by atoms with Crippen molar-refractivity contribution < 1.29 is 17.2 Å². The van der Waals surface area contributed by atoms with Crippen LogP contribution in [-0.2, 0) is 16.6 Å². The van der Waals surface area contributed by atoms with Crippen molar-refractivity contribution in [3.8, 4) is 0 Å². The van der Waals surface area contributed by atoms with Crippen molar-refractivity contribution in [2.24, 2.45) is 0 Å². The van der Waals surface area contributed by atoms with Crippen molar-refractivity contribution in [1.29, 1.82) is 0 Å². The van der Waals surface area contributed by atoms with E-state index in [0.29, 0.717) is 16.7 Å². The summed E-state index contributed by atoms with van der Waals surface area (Å²) in [6.07, 6.45) is 0. The average Bonchev–Trinajstić information content (AvgIpc) is 2.41. The van der Waals surface area contributed by atoms with Gasteiger partial charge in [-0.05, 0) is 35.9 Å². The zero-order valence-electron chi connectivity index (χ0n) is 10.1. The molecule has 2 rings (SSSR count). The molecule has 0 saturated carbocycles. The molecule has 0 aliphatic carbocycles. The Labute approximate surface area is 120 Å². The van der Waals surface area contributed by atoms with E-state index in [1.165, 1.54) is 0 Å². The maximum atomic E-state index is 13.0. The van der Waals surface area contributed by atoms with Gasteiger partial charge in [-0.15, -0.1) is 0 Å². The van der Waals surface area contributed by atoms with Gasteiger partial charge >= 0.3 is 0 Å². The van der Waals surface area contributed by atoms with Crippen LogP contribution in [0.1, 0.15) is 5.56 Å². The van der Waals surface area contributed by atoms with Gasteiger partial charge in [-0.2, -0.15) is 0 Å². The largest absolute Gasteiger partial charge is 0.240 e. The Hall–Kier alpha value is -1.50. The molecule has 0 radical (unpaired) electrons. The second-order valence-corrected chi connectivity index (χ2v) is 6.23. The molecule has 0 heterocycles. The lowest BCUT2D eigenvalue weighted by Gasteiger charge is -2.07. The number of hydrogen-bond donors (Lipinski definition) is 1. The number of sulfonamides is 1. The van der Waals surface area contributed by atoms with Gasteiger partial charge in [0.15, 0.2) is 11.6 Å². The van der Waals surface area contributed by atoms with Crippen molar-refractivity contribution in [1.82, 2.24) is 4.72 Å². The molecule has 0 unspecified atom stereocenters. The van der Waals surface area contributed by atoms with Crippen LogP contribution in [0.5, 0.6) is 0 Å². The molecule has 0 spiro atoms. The summed E-state index contributed by atoms with van der Waals surface area (Å²) < 4.78 is 51.9. The second kappa shape index (κ2) is 5.87. The first-order chi connectivity index (χ1) is 9.38. The summed E-state index contributed by atoms with van der Waals surface area (Å²) in [5.41, 5.74) is 0.695. The van der Waals surface area contributed by atoms with E-state index in [-0.39, 0.29) is 11.4 Å². The highest BCUT2D eigenvalue weighted by Gasteiger charge is 2.16. The number of benzene rings is 2. The Kier molecular flexibility index (Phi) is 4.37. The Morgan fingerprint density at radius 3 is 2.25 bits per heavy atom. The lowest BCUT2D eigenvalue weighted by molar-refractivity contribution is 0.504. The number of nitrogens with one attached hydrogen (secondary N) is 1. The third kappa shape index (κ3) is 3.53. The minimum absolute atomic E-state index is 0.0263. The van der Waals surface area contributed by atoms with Crippen molar-refractivity contribution in [3.05, 3.63) is 64.7 Å². The van der Waals surface area contributed by atoms with Crippen LogP contribution in [0, 0.1) is 11.6 Å². The van der Waals surface area contributed by atoms with Crippen LogP contribution in [0.4, 0.5) is 8.78 Å². The van der Waals surface area contributed by atoms with E-state index in [4.69, 9.17) is 11.6 Å². The quantitative estimate of drug-likeness (QED) is 0.942. The van der Waals surface area contributed by atoms with E-state index in [1.54, 1.807) is 24.3 Å². The molecular weight excluding hydrogens is 308 g/mol. The lowest BCUT2D eigenvalue weighted by atomic mass is 10.2. The van der Waals surface area contributed by atoms with Crippen LogP contribution in [0.25, 0.3) is 0 Å². The molecule has 2 aromatic rings. The maximum Gasteiger partial charge on any atom is 0.240 e. The number of rotatable bonds is 4. The summed E-state index contributed by atoms with van der Waals surface area (Å²) in [4.78, 5) is -0.328. The fourth-order valence-electron chi connectivity index (χ4n) is 1.51. The molecule has 106 valence electrons. The highest BCUT2D eigenvalue weighted by atomic mass is 35.5. The predicted molar refractivity (Wildman–Crippen MR) is 71.8 cm³/mol. The molecular formula is C13H10ClF2NO2S. The molecule has 0 atom stereocenters. The smallest absolute Gasteiger partial charge is 0.207 e. The maximum absolute atomic E-state index is 13.0. The average molecular weight is 318 g/mol. The van der Waals surface area contributed by atoms with Gasteiger partial charge in [-0.25, -0.2) is 21.9 Å². The monoisotopic (exact) mass is 317 g/mol. The van der Waals surface area contributed by atoms with E-state index in [0.717, 1.165) is 12.1 Å². The summed E-state index contributed by atoms with van der Waals surface area (Å²) in [5.74, 6) is -2.30. The third-order valence-corrected chi connectivity index (χ3v) is 4.23. The van der Waals surface area contributed by atoms with Crippen LogP contribution in [0.2, 0.25) is 5.02 Å². The van der Waals surface area contributed by atoms with Crippen LogP contribution in [0.15, 0.2) is 47.4 Å². The summed E-state index contributed by atoms with van der Waals surface area (Å²) in [6.45, 7) is 0.0263. The van der Waals surface area contributed by atoms with E-state index in [2.05, 4.69) is 4.72 Å². The van der Waals surface area contributed by atoms with Gasteiger partial charge in [-0.1, -0.05) is 23.7 Å². The first-order valence-electron chi connectivity index (χ1n) is 5.58. The van der Waals surface area contributed by atoms with Gasteiger partial charge in [0.1, 0.15) is 0 Å². The van der Waals surface area contributed by atoms with Crippen LogP contribution in [-0.4, -0.2) is 8.42 Å². The van der Waals surface area contributed by atoms with E-state index in [9.17, 15) is 17.2 Å². The second-order valence-electron chi connectivity index (χ2n) is 4.03. The molecule has 0 amide bonds. The summed E-state index contributed by atoms with van der Waals surface area (Å²) in [7, 11) is -3.90. The van der Waals surface area contributed by atoms with Gasteiger partial charge in [0.05, 0.1) is 4.90 Å². The van der Waals surface area contributed by atoms with Crippen molar-refractivity contribution >= 4 is 21.6 Å². The molecule has 3 nitrogen and oxygen atoms in total. The van der Waals surface area contributed by atoms with Gasteiger partial charge in [-0.3, -0.25) is 0 Å². The zero-order chi connectivity index (χ0) is 14.8. The van der Waals surface area contributed by atoms with E-state index >= 15 is 0 Å². The van der Waals surface area contributed by atoms with Crippen molar-refractivity contribution in [2.75, 3.05) is 0 Å². The SMILES string of the molecule is O=S(=O)(NCc1ccc(Cl)cc1)c1ccc(F)c(F)c1. The topological polar surface area (TPSA) is 46.2 Å². The summed E-state index contributed by atoms with van der Waals surface area (Å²) in [6, 6.07) is 8.99. The number of hydrogen-bond acceptors (Lipinski definition) is 2. The van der Waals surface area contributed by atoms with Gasteiger partial charge in [0.2, 0.25) is 10.0 Å². The molecule has 20 heavy (non-hydrogen) atoms. The Bertz CT molecular complexity index is 718. The molecule has 0 aliphatic heterocycles. The normalized spacial score (nSPS) is 11.6. The van der Waals surface area contributed by atoms with Gasteiger partial charge in [0, 0.05) is 11.6 Å². The first kappa shape index (κ1) is 14.9. The Balaban J connectivity index is 2.14. The molecule has 0 saturated heterocycles. The van der Waals surface area contributed by atoms with E-state index in [1.807, 2.05) is 0 Å². The van der Waals surface area contributed by atoms with Crippen molar-refractivity contribution in [3.63, 3.8) is 0 Å². The highest BCUT2D eigenvalue weighted by molar-refractivity contribution is 7.89. The fourth-order valence-corrected chi connectivity index (χ4v) is 2.66. The van der Waals surface area contributed by atoms with Crippen LogP contribution in [0.3, 0.4) is 0 Å². The number of halogens is 3. The van der Waals surface area contributed by atoms with Gasteiger partial charge in [0.25, 0.3) is 0 Å². The molecule has 0 bridgehead atoms. The highest BCUT2D eigenvalue weighted by Crippen LogP contribution is 2.15. The molecule has 0 aliphatic rings. The Morgan fingerprint density at radius 2 is 1.65 bits per heavy atom. The van der Waals surface area contributed by atoms with Crippen molar-refractivity contribution in [2.45, 2.75) is 11.4 Å². The van der Waals surface area contributed by atoms with E-state index < -0.39 is 21.7 Å². The molecule has 7 heteroatoms. The third-order valence-electron chi connectivity index (χ3n) is 2.58. The molecule has 1 N–H and O–H groups in total. The minimum Gasteiger partial charge on any atom is -0.207 e. The lowest BCUT2D eigenvalue weighted by Crippen LogP contribution is -2.23. The standard InChI is InChI=1S/C13H10ClF2NO2S/c14-10-3-1-9(2-4-10)8-17-20(18,19)11-5-6-12(15)13(16)7-11/h1-7,17H,8H2. The summed E-state index contributed by atoms with van der Waals surface area (Å²) in [5, 5.41) is 0.539. The van der Waals surface area contributed by atoms with Gasteiger partial charge < -0.3 is 0 Å². The minimum atomic E-state index is -3.90. The molecule has 2 aromatic carbocycles. The Morgan fingerprint density at radius 1 is 1.00 bits per heavy atom. The zero-order valence-corrected chi connectivity index (χ0v) is 11.7. The summed E-state index contributed by atoms with van der Waals surface area (Å²) >= 11 is 5.71. The van der Waals surface area contributed by atoms with Crippen LogP contribution < -0.4 is 4.72 Å². The van der Waals surface area contributed by atoms with Crippen LogP contribution >= 0.6 is 11.6 Å². The predicted octanol–water partition coefficient (Wildman–Crippen LogP) is 3.10. The fraction of sp³-hybridized carbons (Fsp3) is 0.0769. The molecule has 0 aromatic heterocycles. The first-order valence-corrected chi connectivity index (χ1v) is 7.44. The molecule has 0 fully saturated rings.